The summed E-state index contributed by atoms with van der Waals surface area (Å²) in [6.45, 7) is 4.79. The molecule has 2 aromatic rings. The standard InChI is InChI=1S/C20H24ClN3O2S/c1-24(25)13-11-22(12-14-24)9-4-10-23-17-5-2-3-6-19(17)27(26)20-8-7-16(21)15-18(20)23/h2-3,5-8,15H,4,9-14H2,1H3. The van der Waals surface area contributed by atoms with Gasteiger partial charge in [0.2, 0.25) is 0 Å². The number of para-hydroxylation sites is 1. The SMILES string of the molecule is C[N+]1([O-])CCN(CCCN2c3ccccc3[S+]([O-])c3ccc(Cl)cc32)CC1. The van der Waals surface area contributed by atoms with Gasteiger partial charge in [-0.05, 0) is 36.8 Å². The van der Waals surface area contributed by atoms with Gasteiger partial charge in [0.1, 0.15) is 0 Å². The van der Waals surface area contributed by atoms with E-state index in [4.69, 9.17) is 11.6 Å². The first kappa shape index (κ1) is 19.1. The van der Waals surface area contributed by atoms with Crippen molar-refractivity contribution in [1.82, 2.24) is 4.90 Å². The minimum atomic E-state index is -1.19. The molecular weight excluding hydrogens is 382 g/mol. The number of quaternary nitrogens is 1. The highest BCUT2D eigenvalue weighted by Gasteiger charge is 2.33. The first-order valence-electron chi connectivity index (χ1n) is 9.30. The topological polar surface area (TPSA) is 52.6 Å². The molecule has 0 aliphatic carbocycles. The van der Waals surface area contributed by atoms with Crippen LogP contribution in [0.3, 0.4) is 0 Å². The average Bonchev–Trinajstić information content (AvgIpc) is 2.65. The van der Waals surface area contributed by atoms with Crippen molar-refractivity contribution in [2.75, 3.05) is 51.2 Å². The smallest absolute Gasteiger partial charge is 0.182 e. The van der Waals surface area contributed by atoms with E-state index in [0.29, 0.717) is 18.1 Å². The Labute approximate surface area is 168 Å². The number of likely N-dealkylation sites (N-methyl/N-ethyl adjacent to an activating group) is 1. The lowest BCUT2D eigenvalue weighted by Crippen LogP contribution is -2.53. The molecule has 144 valence electrons. The van der Waals surface area contributed by atoms with Gasteiger partial charge < -0.3 is 19.3 Å². The summed E-state index contributed by atoms with van der Waals surface area (Å²) < 4.78 is 12.8. The summed E-state index contributed by atoms with van der Waals surface area (Å²) in [6, 6.07) is 13.5. The molecule has 0 N–H and O–H groups in total. The molecule has 4 rings (SSSR count). The van der Waals surface area contributed by atoms with Crippen molar-refractivity contribution in [3.8, 4) is 0 Å². The molecule has 1 fully saturated rings. The maximum Gasteiger partial charge on any atom is 0.182 e. The van der Waals surface area contributed by atoms with Crippen LogP contribution in [0.15, 0.2) is 52.3 Å². The van der Waals surface area contributed by atoms with Gasteiger partial charge in [-0.15, -0.1) is 0 Å². The maximum atomic E-state index is 12.9. The van der Waals surface area contributed by atoms with E-state index in [-0.39, 0.29) is 4.65 Å². The van der Waals surface area contributed by atoms with Crippen molar-refractivity contribution in [2.45, 2.75) is 16.2 Å². The Balaban J connectivity index is 1.51. The zero-order valence-corrected chi connectivity index (χ0v) is 17.0. The molecule has 0 aromatic heterocycles. The third kappa shape index (κ3) is 3.97. The lowest BCUT2D eigenvalue weighted by Gasteiger charge is -2.45. The molecular formula is C20H24ClN3O2S. The summed E-state index contributed by atoms with van der Waals surface area (Å²) in [4.78, 5) is 6.26. The summed E-state index contributed by atoms with van der Waals surface area (Å²) in [5, 5.41) is 12.6. The number of anilines is 2. The fourth-order valence-corrected chi connectivity index (χ4v) is 5.31. The Morgan fingerprint density at radius 3 is 2.52 bits per heavy atom. The molecule has 2 heterocycles. The van der Waals surface area contributed by atoms with E-state index in [0.717, 1.165) is 53.8 Å². The second-order valence-corrected chi connectivity index (χ2v) is 9.29. The van der Waals surface area contributed by atoms with Crippen LogP contribution in [-0.2, 0) is 11.2 Å². The van der Waals surface area contributed by atoms with Gasteiger partial charge in [0.05, 0.1) is 31.5 Å². The predicted molar refractivity (Wildman–Crippen MR) is 110 cm³/mol. The highest BCUT2D eigenvalue weighted by atomic mass is 35.5. The van der Waals surface area contributed by atoms with Crippen molar-refractivity contribution in [1.29, 1.82) is 0 Å². The lowest BCUT2D eigenvalue weighted by atomic mass is 10.2. The molecule has 2 aliphatic heterocycles. The molecule has 1 atom stereocenters. The van der Waals surface area contributed by atoms with Crippen molar-refractivity contribution >= 4 is 34.2 Å². The van der Waals surface area contributed by atoms with Gasteiger partial charge in [-0.1, -0.05) is 23.7 Å². The first-order valence-corrected chi connectivity index (χ1v) is 10.8. The third-order valence-corrected chi connectivity index (χ3v) is 7.13. The molecule has 2 aliphatic rings. The number of piperazine rings is 1. The molecule has 0 bridgehead atoms. The monoisotopic (exact) mass is 405 g/mol. The summed E-state index contributed by atoms with van der Waals surface area (Å²) in [6.07, 6.45) is 0.968. The Hall–Kier alpha value is -1.28. The summed E-state index contributed by atoms with van der Waals surface area (Å²) >= 11 is 5.05. The van der Waals surface area contributed by atoms with E-state index in [9.17, 15) is 9.76 Å². The summed E-state index contributed by atoms with van der Waals surface area (Å²) in [5.74, 6) is 0. The lowest BCUT2D eigenvalue weighted by molar-refractivity contribution is -0.865. The molecule has 0 saturated carbocycles. The van der Waals surface area contributed by atoms with Gasteiger partial charge in [-0.3, -0.25) is 4.90 Å². The number of nitrogens with zero attached hydrogens (tertiary/aromatic N) is 3. The number of fused-ring (bicyclic) bond motifs is 2. The minimum absolute atomic E-state index is 0.131. The molecule has 2 aromatic carbocycles. The van der Waals surface area contributed by atoms with Gasteiger partial charge in [0.25, 0.3) is 0 Å². The second kappa shape index (κ2) is 7.62. The van der Waals surface area contributed by atoms with Crippen molar-refractivity contribution < 1.29 is 9.20 Å². The number of benzene rings is 2. The van der Waals surface area contributed by atoms with Crippen molar-refractivity contribution in [2.24, 2.45) is 0 Å². The largest absolute Gasteiger partial charge is 0.633 e. The van der Waals surface area contributed by atoms with Gasteiger partial charge in [0.15, 0.2) is 9.79 Å². The molecule has 1 saturated heterocycles. The minimum Gasteiger partial charge on any atom is -0.633 e. The Morgan fingerprint density at radius 2 is 1.74 bits per heavy atom. The van der Waals surface area contributed by atoms with Crippen molar-refractivity contribution in [3.63, 3.8) is 0 Å². The quantitative estimate of drug-likeness (QED) is 0.443. The van der Waals surface area contributed by atoms with Crippen LogP contribution in [0, 0.1) is 5.21 Å². The Bertz CT molecular complexity index is 823. The predicted octanol–water partition coefficient (Wildman–Crippen LogP) is 3.61. The zero-order chi connectivity index (χ0) is 19.0. The van der Waals surface area contributed by atoms with Gasteiger partial charge in [-0.2, -0.15) is 0 Å². The maximum absolute atomic E-state index is 12.9. The molecule has 7 heteroatoms. The Morgan fingerprint density at radius 1 is 1.04 bits per heavy atom. The molecule has 0 spiro atoms. The van der Waals surface area contributed by atoms with Gasteiger partial charge in [0, 0.05) is 42.4 Å². The first-order chi connectivity index (χ1) is 12.9. The van der Waals surface area contributed by atoms with Crippen LogP contribution in [0.25, 0.3) is 0 Å². The molecule has 0 radical (unpaired) electrons. The van der Waals surface area contributed by atoms with Crippen molar-refractivity contribution in [3.05, 3.63) is 52.7 Å². The van der Waals surface area contributed by atoms with E-state index in [2.05, 4.69) is 9.80 Å². The van der Waals surface area contributed by atoms with E-state index in [1.165, 1.54) is 0 Å². The average molecular weight is 406 g/mol. The molecule has 27 heavy (non-hydrogen) atoms. The zero-order valence-electron chi connectivity index (χ0n) is 15.4. The fraction of sp³-hybridized carbons (Fsp3) is 0.400. The van der Waals surface area contributed by atoms with Crippen LogP contribution in [0.4, 0.5) is 11.4 Å². The number of hydroxylamine groups is 3. The number of hydrogen-bond donors (Lipinski definition) is 0. The third-order valence-electron chi connectivity index (χ3n) is 5.40. The van der Waals surface area contributed by atoms with Crippen LogP contribution < -0.4 is 4.90 Å². The van der Waals surface area contributed by atoms with Crippen LogP contribution in [-0.4, -0.2) is 60.4 Å². The highest BCUT2D eigenvalue weighted by Crippen LogP contribution is 2.44. The molecule has 0 amide bonds. The van der Waals surface area contributed by atoms with Crippen LogP contribution in [0.2, 0.25) is 5.02 Å². The van der Waals surface area contributed by atoms with Crippen LogP contribution >= 0.6 is 11.6 Å². The molecule has 5 nitrogen and oxygen atoms in total. The number of rotatable bonds is 4. The summed E-state index contributed by atoms with van der Waals surface area (Å²) in [7, 11) is 1.75. The number of halogens is 1. The van der Waals surface area contributed by atoms with E-state index < -0.39 is 11.2 Å². The van der Waals surface area contributed by atoms with Gasteiger partial charge in [-0.25, -0.2) is 0 Å². The van der Waals surface area contributed by atoms with Crippen LogP contribution in [0.5, 0.6) is 0 Å². The van der Waals surface area contributed by atoms with Gasteiger partial charge >= 0.3 is 0 Å². The summed E-state index contributed by atoms with van der Waals surface area (Å²) in [5.41, 5.74) is 1.93. The Kier molecular flexibility index (Phi) is 5.38. The van der Waals surface area contributed by atoms with E-state index >= 15 is 0 Å². The highest BCUT2D eigenvalue weighted by molar-refractivity contribution is 7.92. The molecule has 1 unspecified atom stereocenters. The van der Waals surface area contributed by atoms with E-state index in [1.807, 2.05) is 36.4 Å². The normalized spacial score (nSPS) is 21.6. The van der Waals surface area contributed by atoms with E-state index in [1.54, 1.807) is 13.1 Å². The van der Waals surface area contributed by atoms with Crippen LogP contribution in [0.1, 0.15) is 6.42 Å². The number of hydrogen-bond acceptors (Lipinski definition) is 4. The second-order valence-electron chi connectivity index (χ2n) is 7.44. The fourth-order valence-electron chi connectivity index (χ4n) is 3.79.